The van der Waals surface area contributed by atoms with Gasteiger partial charge in [-0.1, -0.05) is 51.1 Å². The van der Waals surface area contributed by atoms with Crippen molar-refractivity contribution in [1.29, 1.82) is 0 Å². The lowest BCUT2D eigenvalue weighted by atomic mass is 9.85. The number of rotatable bonds is 6. The number of anilines is 1. The first-order chi connectivity index (χ1) is 15.5. The Morgan fingerprint density at radius 1 is 0.970 bits per heavy atom. The van der Waals surface area contributed by atoms with Crippen molar-refractivity contribution in [3.05, 3.63) is 94.8 Å². The van der Waals surface area contributed by atoms with E-state index in [-0.39, 0.29) is 10.3 Å². The molecule has 1 aliphatic rings. The molecule has 0 radical (unpaired) electrons. The highest BCUT2D eigenvalue weighted by molar-refractivity contribution is 7.92. The van der Waals surface area contributed by atoms with Crippen molar-refractivity contribution in [2.75, 3.05) is 4.72 Å². The predicted molar refractivity (Wildman–Crippen MR) is 131 cm³/mol. The fraction of sp³-hybridized carbons (Fsp3) is 0.333. The van der Waals surface area contributed by atoms with Crippen LogP contribution in [0.5, 0.6) is 0 Å². The lowest BCUT2D eigenvalue weighted by Gasteiger charge is -2.25. The van der Waals surface area contributed by atoms with E-state index in [1.165, 1.54) is 35.4 Å². The summed E-state index contributed by atoms with van der Waals surface area (Å²) in [5.41, 5.74) is 5.30. The third-order valence-electron chi connectivity index (χ3n) is 6.28. The molecule has 1 unspecified atom stereocenters. The molecule has 4 rings (SSSR count). The number of hydrogen-bond donors (Lipinski definition) is 1. The molecule has 4 nitrogen and oxygen atoms in total. The van der Waals surface area contributed by atoms with E-state index in [4.69, 9.17) is 0 Å². The first kappa shape index (κ1) is 23.5. The second-order valence-corrected chi connectivity index (χ2v) is 11.6. The molecule has 0 spiro atoms. The summed E-state index contributed by atoms with van der Waals surface area (Å²) in [6.07, 6.45) is 0.940. The number of halogens is 1. The first-order valence-electron chi connectivity index (χ1n) is 11.2. The molecule has 0 bridgehead atoms. The number of sulfonamides is 1. The van der Waals surface area contributed by atoms with Gasteiger partial charge >= 0.3 is 0 Å². The van der Waals surface area contributed by atoms with Crippen LogP contribution in [0.4, 0.5) is 10.1 Å². The molecule has 0 saturated heterocycles. The lowest BCUT2D eigenvalue weighted by molar-refractivity contribution is 0.211. The predicted octanol–water partition coefficient (Wildman–Crippen LogP) is 5.87. The molecule has 1 atom stereocenters. The SMILES string of the molecule is CC(Cc1cccc(C(C)(C)C)c1)N1Cc2ccc(S(=O)(=O)Nc3ccc(F)cc3)cc2C1. The Kier molecular flexibility index (Phi) is 6.34. The van der Waals surface area contributed by atoms with Gasteiger partial charge in [0.1, 0.15) is 5.82 Å². The first-order valence-corrected chi connectivity index (χ1v) is 12.7. The van der Waals surface area contributed by atoms with Gasteiger partial charge in [-0.2, -0.15) is 0 Å². The van der Waals surface area contributed by atoms with Crippen LogP contribution in [0.25, 0.3) is 0 Å². The molecule has 33 heavy (non-hydrogen) atoms. The van der Waals surface area contributed by atoms with E-state index in [0.717, 1.165) is 30.6 Å². The van der Waals surface area contributed by atoms with Gasteiger partial charge in [0.05, 0.1) is 4.90 Å². The molecule has 1 N–H and O–H groups in total. The summed E-state index contributed by atoms with van der Waals surface area (Å²) >= 11 is 0. The topological polar surface area (TPSA) is 49.4 Å². The fourth-order valence-electron chi connectivity index (χ4n) is 4.24. The standard InChI is InChI=1S/C27H31FN2O2S/c1-19(14-20-6-5-7-23(15-20)27(2,3)4)30-17-21-8-13-26(16-22(21)18-30)33(31,32)29-25-11-9-24(28)10-12-25/h5-13,15-16,19,29H,14,17-18H2,1-4H3. The molecule has 1 heterocycles. The van der Waals surface area contributed by atoms with Crippen molar-refractivity contribution in [1.82, 2.24) is 4.90 Å². The zero-order valence-corrected chi connectivity index (χ0v) is 20.4. The van der Waals surface area contributed by atoms with Crippen LogP contribution in [0.15, 0.2) is 71.6 Å². The van der Waals surface area contributed by atoms with E-state index in [1.54, 1.807) is 12.1 Å². The quantitative estimate of drug-likeness (QED) is 0.494. The van der Waals surface area contributed by atoms with Crippen LogP contribution in [0, 0.1) is 5.82 Å². The van der Waals surface area contributed by atoms with Gasteiger partial charge in [-0.3, -0.25) is 9.62 Å². The van der Waals surface area contributed by atoms with E-state index in [1.807, 2.05) is 6.07 Å². The van der Waals surface area contributed by atoms with E-state index in [2.05, 4.69) is 61.6 Å². The number of nitrogens with one attached hydrogen (secondary N) is 1. The van der Waals surface area contributed by atoms with E-state index in [0.29, 0.717) is 11.7 Å². The molecule has 0 saturated carbocycles. The summed E-state index contributed by atoms with van der Waals surface area (Å²) in [6.45, 7) is 10.4. The number of benzene rings is 3. The van der Waals surface area contributed by atoms with Gasteiger partial charge in [0.25, 0.3) is 10.0 Å². The van der Waals surface area contributed by atoms with Crippen molar-refractivity contribution in [3.63, 3.8) is 0 Å². The smallest absolute Gasteiger partial charge is 0.261 e. The molecule has 0 aliphatic carbocycles. The van der Waals surface area contributed by atoms with Crippen LogP contribution in [-0.4, -0.2) is 19.4 Å². The zero-order valence-electron chi connectivity index (χ0n) is 19.6. The van der Waals surface area contributed by atoms with E-state index < -0.39 is 15.8 Å². The Bertz CT molecular complexity index is 1250. The van der Waals surface area contributed by atoms with Crippen LogP contribution in [0.2, 0.25) is 0 Å². The lowest BCUT2D eigenvalue weighted by Crippen LogP contribution is -2.29. The molecule has 0 amide bonds. The van der Waals surface area contributed by atoms with Crippen molar-refractivity contribution in [2.45, 2.75) is 63.6 Å². The van der Waals surface area contributed by atoms with Crippen molar-refractivity contribution in [3.8, 4) is 0 Å². The third-order valence-corrected chi connectivity index (χ3v) is 7.66. The largest absolute Gasteiger partial charge is 0.292 e. The summed E-state index contributed by atoms with van der Waals surface area (Å²) in [6, 6.07) is 19.7. The summed E-state index contributed by atoms with van der Waals surface area (Å²) in [5.74, 6) is -0.408. The highest BCUT2D eigenvalue weighted by atomic mass is 32.2. The summed E-state index contributed by atoms with van der Waals surface area (Å²) in [4.78, 5) is 2.61. The molecule has 1 aliphatic heterocycles. The number of hydrogen-bond acceptors (Lipinski definition) is 3. The molecular formula is C27H31FN2O2S. The Morgan fingerprint density at radius 3 is 2.36 bits per heavy atom. The van der Waals surface area contributed by atoms with Crippen LogP contribution < -0.4 is 4.72 Å². The Labute approximate surface area is 196 Å². The van der Waals surface area contributed by atoms with E-state index in [9.17, 15) is 12.8 Å². The number of fused-ring (bicyclic) bond motifs is 1. The molecule has 6 heteroatoms. The van der Waals surface area contributed by atoms with Gasteiger partial charge in [-0.25, -0.2) is 12.8 Å². The monoisotopic (exact) mass is 466 g/mol. The second kappa shape index (κ2) is 8.92. The maximum absolute atomic E-state index is 13.1. The van der Waals surface area contributed by atoms with Crippen LogP contribution in [0.1, 0.15) is 49.9 Å². The van der Waals surface area contributed by atoms with Gasteiger partial charge < -0.3 is 0 Å². The highest BCUT2D eigenvalue weighted by Crippen LogP contribution is 2.29. The minimum atomic E-state index is -3.74. The average Bonchev–Trinajstić information content (AvgIpc) is 3.18. The van der Waals surface area contributed by atoms with Gasteiger partial charge in [0.15, 0.2) is 0 Å². The van der Waals surface area contributed by atoms with Crippen LogP contribution >= 0.6 is 0 Å². The summed E-state index contributed by atoms with van der Waals surface area (Å²) in [7, 11) is -3.74. The average molecular weight is 467 g/mol. The maximum atomic E-state index is 13.1. The van der Waals surface area contributed by atoms with Crippen LogP contribution in [0.3, 0.4) is 0 Å². The van der Waals surface area contributed by atoms with Gasteiger partial charge in [0, 0.05) is 24.8 Å². The zero-order chi connectivity index (χ0) is 23.8. The molecular weight excluding hydrogens is 435 g/mol. The third kappa shape index (κ3) is 5.45. The Hall–Kier alpha value is -2.70. The highest BCUT2D eigenvalue weighted by Gasteiger charge is 2.26. The Balaban J connectivity index is 1.46. The molecule has 0 aromatic heterocycles. The normalized spacial score (nSPS) is 15.3. The minimum absolute atomic E-state index is 0.118. The molecule has 0 fully saturated rings. The fourth-order valence-corrected chi connectivity index (χ4v) is 5.35. The summed E-state index contributed by atoms with van der Waals surface area (Å²) in [5, 5.41) is 0. The molecule has 3 aromatic carbocycles. The van der Waals surface area contributed by atoms with Crippen molar-refractivity contribution in [2.24, 2.45) is 0 Å². The van der Waals surface area contributed by atoms with Crippen LogP contribution in [-0.2, 0) is 34.9 Å². The van der Waals surface area contributed by atoms with Crippen molar-refractivity contribution < 1.29 is 12.8 Å². The minimum Gasteiger partial charge on any atom is -0.292 e. The Morgan fingerprint density at radius 2 is 1.67 bits per heavy atom. The van der Waals surface area contributed by atoms with Crippen molar-refractivity contribution >= 4 is 15.7 Å². The summed E-state index contributed by atoms with van der Waals surface area (Å²) < 4.78 is 41.3. The van der Waals surface area contributed by atoms with Gasteiger partial charge in [-0.05, 0) is 77.4 Å². The molecule has 174 valence electrons. The van der Waals surface area contributed by atoms with Gasteiger partial charge in [0.2, 0.25) is 0 Å². The number of nitrogens with zero attached hydrogens (tertiary/aromatic N) is 1. The second-order valence-electron chi connectivity index (χ2n) is 9.95. The van der Waals surface area contributed by atoms with E-state index >= 15 is 0 Å². The van der Waals surface area contributed by atoms with Gasteiger partial charge in [-0.15, -0.1) is 0 Å². The maximum Gasteiger partial charge on any atom is 0.261 e. The molecule has 3 aromatic rings.